The van der Waals surface area contributed by atoms with Gasteiger partial charge in [-0.25, -0.2) is 18.4 Å². The van der Waals surface area contributed by atoms with E-state index >= 15 is 0 Å². The number of carbonyl (C=O) groups excluding carboxylic acids is 1. The van der Waals surface area contributed by atoms with E-state index in [-0.39, 0.29) is 11.0 Å². The van der Waals surface area contributed by atoms with Crippen LogP contribution in [0.4, 0.5) is 10.5 Å². The van der Waals surface area contributed by atoms with Crippen LogP contribution in [0.3, 0.4) is 0 Å². The molecule has 0 spiro atoms. The minimum atomic E-state index is -3.64. The Morgan fingerprint density at radius 1 is 1.03 bits per heavy atom. The Hall–Kier alpha value is -1.64. The number of nitrogens with zero attached hydrogens (tertiary/aromatic N) is 1. The van der Waals surface area contributed by atoms with Gasteiger partial charge in [-0.15, -0.1) is 0 Å². The number of nitrogens with two attached hydrogens (primary N) is 1. The van der Waals surface area contributed by atoms with E-state index in [1.54, 1.807) is 12.1 Å². The molecule has 0 aromatic heterocycles. The van der Waals surface area contributed by atoms with Gasteiger partial charge in [0.2, 0.25) is 10.0 Å². The molecule has 7 nitrogen and oxygen atoms in total. The minimum absolute atomic E-state index is 0.160. The number of rotatable bonds is 3. The maximum absolute atomic E-state index is 12.2. The van der Waals surface area contributed by atoms with Gasteiger partial charge in [0.15, 0.2) is 0 Å². The molecule has 3 rings (SSSR count). The van der Waals surface area contributed by atoms with Crippen LogP contribution in [0.25, 0.3) is 0 Å². The second-order valence-corrected chi connectivity index (χ2v) is 10.9. The summed E-state index contributed by atoms with van der Waals surface area (Å²) in [5, 5.41) is 5.18. The van der Waals surface area contributed by atoms with E-state index in [1.165, 1.54) is 4.90 Å². The first kappa shape index (κ1) is 22.1. The predicted molar refractivity (Wildman–Crippen MR) is 111 cm³/mol. The molecule has 2 aliphatic rings. The van der Waals surface area contributed by atoms with Crippen molar-refractivity contribution in [1.29, 1.82) is 0 Å². The van der Waals surface area contributed by atoms with Gasteiger partial charge in [-0.1, -0.05) is 0 Å². The fourth-order valence-corrected chi connectivity index (χ4v) is 5.02. The molecule has 2 heterocycles. The van der Waals surface area contributed by atoms with Crippen LogP contribution in [0.15, 0.2) is 29.2 Å². The molecule has 1 amide bonds. The lowest BCUT2D eigenvalue weighted by molar-refractivity contribution is -0.840. The summed E-state index contributed by atoms with van der Waals surface area (Å²) in [5.41, 5.74) is 0.673. The Balaban J connectivity index is 1.47. The quantitative estimate of drug-likeness (QED) is 0.775. The van der Waals surface area contributed by atoms with Crippen molar-refractivity contribution < 1.29 is 22.8 Å². The third-order valence-electron chi connectivity index (χ3n) is 6.08. The number of benzene rings is 1. The summed E-state index contributed by atoms with van der Waals surface area (Å²) in [6.07, 6.45) is 4.20. The van der Waals surface area contributed by atoms with Crippen molar-refractivity contribution in [3.05, 3.63) is 24.3 Å². The van der Waals surface area contributed by atoms with E-state index in [4.69, 9.17) is 9.88 Å². The summed E-state index contributed by atoms with van der Waals surface area (Å²) in [5.74, 6) is 1.36. The van der Waals surface area contributed by atoms with Crippen LogP contribution in [0.2, 0.25) is 0 Å². The monoisotopic (exact) mass is 424 g/mol. The average Bonchev–Trinajstić information content (AvgIpc) is 2.66. The number of ether oxygens (including phenoxy) is 1. The number of piperidine rings is 2. The molecule has 1 aromatic rings. The number of amides is 1. The molecule has 2 fully saturated rings. The van der Waals surface area contributed by atoms with Crippen molar-refractivity contribution in [3.8, 4) is 0 Å². The molecule has 3 N–H and O–H groups in total. The maximum Gasteiger partial charge on any atom is 0.410 e. The van der Waals surface area contributed by atoms with E-state index < -0.39 is 15.6 Å². The fraction of sp³-hybridized carbons (Fsp3) is 0.667. The van der Waals surface area contributed by atoms with Gasteiger partial charge in [0.05, 0.1) is 18.0 Å². The minimum Gasteiger partial charge on any atom is -0.444 e. The first-order valence-corrected chi connectivity index (χ1v) is 12.0. The Morgan fingerprint density at radius 2 is 1.55 bits per heavy atom. The number of primary sulfonamides is 1. The summed E-state index contributed by atoms with van der Waals surface area (Å²) in [6.45, 7) is 9.35. The van der Waals surface area contributed by atoms with Crippen molar-refractivity contribution in [2.24, 2.45) is 17.0 Å². The summed E-state index contributed by atoms with van der Waals surface area (Å²) < 4.78 is 28.3. The lowest BCUT2D eigenvalue weighted by Gasteiger charge is -2.39. The van der Waals surface area contributed by atoms with E-state index in [2.05, 4.69) is 0 Å². The number of quaternary nitrogens is 1. The molecule has 0 saturated carbocycles. The highest BCUT2D eigenvalue weighted by Crippen LogP contribution is 2.31. The predicted octanol–water partition coefficient (Wildman–Crippen LogP) is 1.91. The van der Waals surface area contributed by atoms with Gasteiger partial charge < -0.3 is 14.5 Å². The SMILES string of the molecule is CC(C)(C)OC(=O)N1CCC(C2CC[NH+](c3ccc(S(N)(=O)=O)cc3)CC2)CC1. The summed E-state index contributed by atoms with van der Waals surface area (Å²) >= 11 is 0. The van der Waals surface area contributed by atoms with E-state index in [9.17, 15) is 13.2 Å². The lowest BCUT2D eigenvalue weighted by atomic mass is 9.79. The Bertz CT molecular complexity index is 801. The third kappa shape index (κ3) is 5.93. The Morgan fingerprint density at radius 3 is 2.03 bits per heavy atom. The van der Waals surface area contributed by atoms with Crippen LogP contribution in [-0.4, -0.2) is 51.2 Å². The largest absolute Gasteiger partial charge is 0.444 e. The van der Waals surface area contributed by atoms with Crippen LogP contribution in [0, 0.1) is 11.8 Å². The van der Waals surface area contributed by atoms with Crippen LogP contribution >= 0.6 is 0 Å². The van der Waals surface area contributed by atoms with Crippen molar-refractivity contribution in [1.82, 2.24) is 4.90 Å². The van der Waals surface area contributed by atoms with E-state index in [1.807, 2.05) is 37.8 Å². The Labute approximate surface area is 174 Å². The zero-order valence-electron chi connectivity index (χ0n) is 17.7. The molecule has 0 unspecified atom stereocenters. The lowest BCUT2D eigenvalue weighted by Crippen LogP contribution is -3.08. The zero-order valence-corrected chi connectivity index (χ0v) is 18.5. The molecule has 29 heavy (non-hydrogen) atoms. The van der Waals surface area contributed by atoms with Crippen molar-refractivity contribution in [2.75, 3.05) is 26.2 Å². The smallest absolute Gasteiger partial charge is 0.410 e. The van der Waals surface area contributed by atoms with Gasteiger partial charge in [-0.05, 0) is 57.6 Å². The van der Waals surface area contributed by atoms with Crippen LogP contribution in [0.5, 0.6) is 0 Å². The van der Waals surface area contributed by atoms with E-state index in [0.29, 0.717) is 11.8 Å². The highest BCUT2D eigenvalue weighted by Gasteiger charge is 2.33. The summed E-state index contributed by atoms with van der Waals surface area (Å²) in [4.78, 5) is 15.6. The second-order valence-electron chi connectivity index (χ2n) is 9.32. The molecule has 0 aliphatic carbocycles. The van der Waals surface area contributed by atoms with Gasteiger partial charge in [0, 0.05) is 38.1 Å². The third-order valence-corrected chi connectivity index (χ3v) is 7.01. The van der Waals surface area contributed by atoms with Gasteiger partial charge in [-0.2, -0.15) is 0 Å². The van der Waals surface area contributed by atoms with Crippen molar-refractivity contribution in [2.45, 2.75) is 57.0 Å². The Kier molecular flexibility index (Phi) is 6.55. The number of hydrogen-bond donors (Lipinski definition) is 2. The molecule has 0 atom stereocenters. The van der Waals surface area contributed by atoms with Crippen molar-refractivity contribution in [3.63, 3.8) is 0 Å². The molecule has 2 saturated heterocycles. The zero-order chi connectivity index (χ0) is 21.2. The molecule has 1 aromatic carbocycles. The molecule has 8 heteroatoms. The molecule has 2 aliphatic heterocycles. The normalized spacial score (nSPS) is 24.3. The molecule has 0 radical (unpaired) electrons. The average molecular weight is 425 g/mol. The summed E-state index contributed by atoms with van der Waals surface area (Å²) in [6, 6.07) is 6.93. The van der Waals surface area contributed by atoms with Crippen LogP contribution in [0.1, 0.15) is 46.5 Å². The topological polar surface area (TPSA) is 94.1 Å². The van der Waals surface area contributed by atoms with Gasteiger partial charge >= 0.3 is 6.09 Å². The number of hydrogen-bond acceptors (Lipinski definition) is 4. The second kappa shape index (κ2) is 8.62. The van der Waals surface area contributed by atoms with Gasteiger partial charge in [0.25, 0.3) is 0 Å². The number of sulfonamides is 1. The van der Waals surface area contributed by atoms with Gasteiger partial charge in [-0.3, -0.25) is 0 Å². The molecule has 0 bridgehead atoms. The standard InChI is InChI=1S/C21H33N3O4S/c1-21(2,3)28-20(25)24-14-10-17(11-15-24)16-8-12-23(13-9-16)18-4-6-19(7-5-18)29(22,26)27/h4-7,16-17H,8-15H2,1-3H3,(H2,22,26,27)/p+1. The highest BCUT2D eigenvalue weighted by atomic mass is 32.2. The summed E-state index contributed by atoms with van der Waals surface area (Å²) in [7, 11) is -3.64. The number of carbonyl (C=O) groups is 1. The molecular formula is C21H34N3O4S+. The maximum atomic E-state index is 12.2. The van der Waals surface area contributed by atoms with Gasteiger partial charge in [0.1, 0.15) is 11.3 Å². The van der Waals surface area contributed by atoms with Crippen LogP contribution < -0.4 is 10.0 Å². The molecule has 162 valence electrons. The number of likely N-dealkylation sites (tertiary alicyclic amines) is 1. The van der Waals surface area contributed by atoms with Crippen molar-refractivity contribution >= 4 is 21.8 Å². The van der Waals surface area contributed by atoms with Crippen LogP contribution in [-0.2, 0) is 14.8 Å². The first-order chi connectivity index (χ1) is 13.5. The highest BCUT2D eigenvalue weighted by molar-refractivity contribution is 7.89. The molecular weight excluding hydrogens is 390 g/mol. The fourth-order valence-electron chi connectivity index (χ4n) is 4.51. The van der Waals surface area contributed by atoms with E-state index in [0.717, 1.165) is 57.5 Å². The first-order valence-electron chi connectivity index (χ1n) is 10.5. The number of nitrogens with one attached hydrogen (secondary N) is 1.